The molecule has 6 heteroatoms. The molecule has 0 aliphatic carbocycles. The fourth-order valence-corrected chi connectivity index (χ4v) is 3.27. The normalized spacial score (nSPS) is 10.8. The standard InChI is InChI=1S/C27H26N2O4/c1-19-7-6-8-20(13-19)18-33-25-10-5-4-9-21(25)14-23(16-28)27(30)29-17-22-11-12-24(31-2)15-26(22)32-3/h4-15H,17-18H2,1-3H3,(H,29,30)/b23-14+. The first-order valence-corrected chi connectivity index (χ1v) is 10.4. The van der Waals surface area contributed by atoms with Crippen molar-refractivity contribution in [2.75, 3.05) is 14.2 Å². The van der Waals surface area contributed by atoms with Crippen molar-refractivity contribution in [3.05, 3.63) is 94.6 Å². The van der Waals surface area contributed by atoms with E-state index in [4.69, 9.17) is 14.2 Å². The van der Waals surface area contributed by atoms with E-state index in [-0.39, 0.29) is 12.1 Å². The number of carbonyl (C=O) groups excluding carboxylic acids is 1. The van der Waals surface area contributed by atoms with Crippen LogP contribution in [0.25, 0.3) is 6.08 Å². The van der Waals surface area contributed by atoms with E-state index in [1.54, 1.807) is 26.4 Å². The molecule has 0 saturated heterocycles. The Bertz CT molecular complexity index is 1190. The molecule has 0 aromatic heterocycles. The summed E-state index contributed by atoms with van der Waals surface area (Å²) in [6, 6.07) is 22.7. The van der Waals surface area contributed by atoms with Gasteiger partial charge in [0, 0.05) is 23.7 Å². The van der Waals surface area contributed by atoms with Crippen molar-refractivity contribution >= 4 is 12.0 Å². The number of carbonyl (C=O) groups is 1. The van der Waals surface area contributed by atoms with E-state index in [0.717, 1.165) is 16.7 Å². The van der Waals surface area contributed by atoms with E-state index in [0.29, 0.717) is 29.4 Å². The fourth-order valence-electron chi connectivity index (χ4n) is 3.27. The fraction of sp³-hybridized carbons (Fsp3) is 0.185. The van der Waals surface area contributed by atoms with Crippen molar-refractivity contribution in [3.63, 3.8) is 0 Å². The molecule has 0 saturated carbocycles. The largest absolute Gasteiger partial charge is 0.497 e. The number of hydrogen-bond acceptors (Lipinski definition) is 5. The minimum absolute atomic E-state index is 0.0194. The summed E-state index contributed by atoms with van der Waals surface area (Å²) in [4.78, 5) is 12.7. The Morgan fingerprint density at radius 3 is 2.55 bits per heavy atom. The van der Waals surface area contributed by atoms with Crippen LogP contribution in [0.5, 0.6) is 17.2 Å². The van der Waals surface area contributed by atoms with E-state index >= 15 is 0 Å². The third-order valence-corrected chi connectivity index (χ3v) is 4.99. The second kappa shape index (κ2) is 11.4. The van der Waals surface area contributed by atoms with Gasteiger partial charge in [-0.05, 0) is 36.8 Å². The third kappa shape index (κ3) is 6.37. The molecule has 0 radical (unpaired) electrons. The van der Waals surface area contributed by atoms with Gasteiger partial charge in [-0.2, -0.15) is 5.26 Å². The molecule has 0 spiro atoms. The molecule has 3 rings (SSSR count). The van der Waals surface area contributed by atoms with Gasteiger partial charge in [-0.15, -0.1) is 0 Å². The van der Waals surface area contributed by atoms with E-state index in [9.17, 15) is 10.1 Å². The van der Waals surface area contributed by atoms with Gasteiger partial charge < -0.3 is 19.5 Å². The number of nitrogens with one attached hydrogen (secondary N) is 1. The lowest BCUT2D eigenvalue weighted by Gasteiger charge is -2.12. The van der Waals surface area contributed by atoms with Gasteiger partial charge in [0.05, 0.1) is 14.2 Å². The average Bonchev–Trinajstić information content (AvgIpc) is 2.85. The maximum Gasteiger partial charge on any atom is 0.262 e. The maximum absolute atomic E-state index is 12.7. The number of rotatable bonds is 9. The molecule has 6 nitrogen and oxygen atoms in total. The number of hydrogen-bond donors (Lipinski definition) is 1. The Morgan fingerprint density at radius 1 is 1.00 bits per heavy atom. The number of para-hydroxylation sites is 1. The summed E-state index contributed by atoms with van der Waals surface area (Å²) >= 11 is 0. The number of methoxy groups -OCH3 is 2. The van der Waals surface area contributed by atoms with Crippen LogP contribution < -0.4 is 19.5 Å². The summed E-state index contributed by atoms with van der Waals surface area (Å²) in [5.74, 6) is 1.36. The highest BCUT2D eigenvalue weighted by molar-refractivity contribution is 6.01. The lowest BCUT2D eigenvalue weighted by Crippen LogP contribution is -2.24. The summed E-state index contributed by atoms with van der Waals surface area (Å²) in [5, 5.41) is 12.4. The Balaban J connectivity index is 1.72. The highest BCUT2D eigenvalue weighted by Crippen LogP contribution is 2.25. The van der Waals surface area contributed by atoms with E-state index < -0.39 is 5.91 Å². The minimum atomic E-state index is -0.483. The Kier molecular flexibility index (Phi) is 8.09. The van der Waals surface area contributed by atoms with Crippen molar-refractivity contribution in [2.45, 2.75) is 20.1 Å². The monoisotopic (exact) mass is 442 g/mol. The van der Waals surface area contributed by atoms with Crippen molar-refractivity contribution in [3.8, 4) is 23.3 Å². The second-order valence-electron chi connectivity index (χ2n) is 7.35. The third-order valence-electron chi connectivity index (χ3n) is 4.99. The molecule has 3 aromatic carbocycles. The maximum atomic E-state index is 12.7. The molecule has 1 amide bonds. The summed E-state index contributed by atoms with van der Waals surface area (Å²) in [6.07, 6.45) is 1.53. The molecule has 3 aromatic rings. The van der Waals surface area contributed by atoms with Gasteiger partial charge in [0.1, 0.15) is 35.5 Å². The zero-order valence-corrected chi connectivity index (χ0v) is 18.9. The van der Waals surface area contributed by atoms with Crippen molar-refractivity contribution < 1.29 is 19.0 Å². The van der Waals surface area contributed by atoms with Gasteiger partial charge in [-0.25, -0.2) is 0 Å². The van der Waals surface area contributed by atoms with Crippen LogP contribution in [0.2, 0.25) is 0 Å². The summed E-state index contributed by atoms with van der Waals surface area (Å²) in [5.41, 5.74) is 3.60. The van der Waals surface area contributed by atoms with Crippen molar-refractivity contribution in [1.82, 2.24) is 5.32 Å². The number of aryl methyl sites for hydroxylation is 1. The molecule has 0 unspecified atom stereocenters. The van der Waals surface area contributed by atoms with Crippen LogP contribution in [0, 0.1) is 18.3 Å². The molecule has 33 heavy (non-hydrogen) atoms. The predicted molar refractivity (Wildman–Crippen MR) is 127 cm³/mol. The summed E-state index contributed by atoms with van der Waals surface area (Å²) < 4.78 is 16.5. The zero-order chi connectivity index (χ0) is 23.6. The Morgan fingerprint density at radius 2 is 1.82 bits per heavy atom. The summed E-state index contributed by atoms with van der Waals surface area (Å²) in [6.45, 7) is 2.62. The van der Waals surface area contributed by atoms with Crippen LogP contribution in [-0.2, 0) is 17.9 Å². The van der Waals surface area contributed by atoms with Crippen molar-refractivity contribution in [2.24, 2.45) is 0 Å². The van der Waals surface area contributed by atoms with Gasteiger partial charge in [-0.3, -0.25) is 4.79 Å². The Labute approximate surface area is 194 Å². The zero-order valence-electron chi connectivity index (χ0n) is 18.9. The van der Waals surface area contributed by atoms with Crippen LogP contribution in [0.3, 0.4) is 0 Å². The van der Waals surface area contributed by atoms with Gasteiger partial charge in [-0.1, -0.05) is 48.0 Å². The predicted octanol–water partition coefficient (Wildman–Crippen LogP) is 4.81. The molecule has 1 N–H and O–H groups in total. The number of benzene rings is 3. The first-order chi connectivity index (χ1) is 16.0. The molecular formula is C27H26N2O4. The van der Waals surface area contributed by atoms with E-state index in [1.165, 1.54) is 6.08 Å². The summed E-state index contributed by atoms with van der Waals surface area (Å²) in [7, 11) is 3.12. The SMILES string of the molecule is COc1ccc(CNC(=O)/C(C#N)=C/c2ccccc2OCc2cccc(C)c2)c(OC)c1. The van der Waals surface area contributed by atoms with Crippen LogP contribution in [0.1, 0.15) is 22.3 Å². The van der Waals surface area contributed by atoms with E-state index in [2.05, 4.69) is 11.4 Å². The lowest BCUT2D eigenvalue weighted by atomic mass is 10.1. The quantitative estimate of drug-likeness (QED) is 0.380. The first kappa shape index (κ1) is 23.4. The number of amides is 1. The van der Waals surface area contributed by atoms with E-state index in [1.807, 2.05) is 61.5 Å². The molecule has 0 atom stereocenters. The molecule has 0 aliphatic heterocycles. The highest BCUT2D eigenvalue weighted by Gasteiger charge is 2.13. The molecule has 0 heterocycles. The highest BCUT2D eigenvalue weighted by atomic mass is 16.5. The average molecular weight is 443 g/mol. The lowest BCUT2D eigenvalue weighted by molar-refractivity contribution is -0.117. The number of nitriles is 1. The molecule has 0 aliphatic rings. The van der Waals surface area contributed by atoms with Crippen LogP contribution in [0.4, 0.5) is 0 Å². The topological polar surface area (TPSA) is 80.6 Å². The number of ether oxygens (including phenoxy) is 3. The Hall–Kier alpha value is -4.24. The van der Waals surface area contributed by atoms with Gasteiger partial charge in [0.25, 0.3) is 5.91 Å². The second-order valence-corrected chi connectivity index (χ2v) is 7.35. The molecular weight excluding hydrogens is 416 g/mol. The first-order valence-electron chi connectivity index (χ1n) is 10.4. The molecule has 0 bridgehead atoms. The van der Waals surface area contributed by atoms with Gasteiger partial charge in [0.15, 0.2) is 0 Å². The minimum Gasteiger partial charge on any atom is -0.497 e. The smallest absolute Gasteiger partial charge is 0.262 e. The molecule has 168 valence electrons. The van der Waals surface area contributed by atoms with Gasteiger partial charge >= 0.3 is 0 Å². The van der Waals surface area contributed by atoms with Crippen LogP contribution >= 0.6 is 0 Å². The number of nitrogens with zero attached hydrogens (tertiary/aromatic N) is 1. The molecule has 0 fully saturated rings. The van der Waals surface area contributed by atoms with Crippen molar-refractivity contribution in [1.29, 1.82) is 5.26 Å². The van der Waals surface area contributed by atoms with Crippen LogP contribution in [-0.4, -0.2) is 20.1 Å². The van der Waals surface area contributed by atoms with Crippen LogP contribution in [0.15, 0.2) is 72.3 Å². The van der Waals surface area contributed by atoms with Gasteiger partial charge in [0.2, 0.25) is 0 Å².